The van der Waals surface area contributed by atoms with E-state index in [4.69, 9.17) is 4.99 Å². The largest absolute Gasteiger partial charge is 0.357 e. The van der Waals surface area contributed by atoms with E-state index in [1.807, 2.05) is 19.2 Å². The van der Waals surface area contributed by atoms with Crippen LogP contribution in [0, 0.1) is 5.82 Å². The summed E-state index contributed by atoms with van der Waals surface area (Å²) in [6.45, 7) is 4.97. The van der Waals surface area contributed by atoms with Crippen LogP contribution >= 0.6 is 11.8 Å². The van der Waals surface area contributed by atoms with Crippen molar-refractivity contribution in [2.45, 2.75) is 32.3 Å². The van der Waals surface area contributed by atoms with E-state index < -0.39 is 0 Å². The van der Waals surface area contributed by atoms with E-state index in [0.29, 0.717) is 13.1 Å². The van der Waals surface area contributed by atoms with Gasteiger partial charge in [-0.05, 0) is 61.7 Å². The monoisotopic (exact) mass is 402 g/mol. The molecule has 6 heteroatoms. The number of benzene rings is 2. The standard InChI is InChI=1S/C22H31FN4S/c1-5-24-22(25-13-17-7-6-8-18(11-17)15-27(2)3)26-14-19-9-10-21(23)12-20(19)16-28-4/h6-12H,5,13-16H2,1-4H3,(H2,24,25,26). The molecular weight excluding hydrogens is 371 g/mol. The minimum absolute atomic E-state index is 0.189. The molecule has 0 amide bonds. The lowest BCUT2D eigenvalue weighted by Gasteiger charge is -2.14. The van der Waals surface area contributed by atoms with Crippen molar-refractivity contribution in [3.63, 3.8) is 0 Å². The fourth-order valence-corrected chi connectivity index (χ4v) is 3.52. The molecule has 0 radical (unpaired) electrons. The third kappa shape index (κ3) is 7.52. The molecule has 0 atom stereocenters. The van der Waals surface area contributed by atoms with E-state index in [9.17, 15) is 4.39 Å². The summed E-state index contributed by atoms with van der Waals surface area (Å²) in [6.07, 6.45) is 2.03. The Morgan fingerprint density at radius 3 is 2.57 bits per heavy atom. The number of rotatable bonds is 9. The summed E-state index contributed by atoms with van der Waals surface area (Å²) in [5, 5.41) is 6.66. The Balaban J connectivity index is 2.05. The van der Waals surface area contributed by atoms with Gasteiger partial charge in [-0.25, -0.2) is 9.38 Å². The van der Waals surface area contributed by atoms with E-state index in [1.165, 1.54) is 17.2 Å². The molecule has 2 rings (SSSR count). The highest BCUT2D eigenvalue weighted by molar-refractivity contribution is 7.97. The number of aliphatic imine (C=N–C) groups is 1. The third-order valence-corrected chi connectivity index (χ3v) is 4.77. The van der Waals surface area contributed by atoms with Crippen LogP contribution in [0.2, 0.25) is 0 Å². The Bertz CT molecular complexity index is 777. The minimum atomic E-state index is -0.189. The van der Waals surface area contributed by atoms with Crippen molar-refractivity contribution < 1.29 is 4.39 Å². The molecule has 4 nitrogen and oxygen atoms in total. The zero-order valence-electron chi connectivity index (χ0n) is 17.3. The van der Waals surface area contributed by atoms with Gasteiger partial charge in [0.25, 0.3) is 0 Å². The molecule has 0 saturated heterocycles. The Kier molecular flexibility index (Phi) is 9.31. The van der Waals surface area contributed by atoms with Gasteiger partial charge in [0.05, 0.1) is 6.54 Å². The van der Waals surface area contributed by atoms with E-state index in [0.717, 1.165) is 35.9 Å². The normalized spacial score (nSPS) is 11.7. The molecule has 0 aromatic heterocycles. The second-order valence-corrected chi connectivity index (χ2v) is 7.82. The predicted octanol–water partition coefficient (Wildman–Crippen LogP) is 4.01. The number of thioether (sulfide) groups is 1. The molecule has 2 aromatic carbocycles. The molecule has 0 saturated carbocycles. The highest BCUT2D eigenvalue weighted by atomic mass is 32.2. The number of nitrogens with one attached hydrogen (secondary N) is 2. The van der Waals surface area contributed by atoms with Crippen molar-refractivity contribution in [2.75, 3.05) is 26.9 Å². The molecule has 0 aliphatic rings. The first kappa shape index (κ1) is 22.2. The van der Waals surface area contributed by atoms with E-state index in [1.54, 1.807) is 17.8 Å². The van der Waals surface area contributed by atoms with Crippen LogP contribution in [-0.4, -0.2) is 37.8 Å². The van der Waals surface area contributed by atoms with Gasteiger partial charge in [-0.1, -0.05) is 30.3 Å². The molecule has 0 aliphatic carbocycles. The maximum Gasteiger partial charge on any atom is 0.191 e. The summed E-state index contributed by atoms with van der Waals surface area (Å²) in [4.78, 5) is 6.87. The average molecular weight is 403 g/mol. The highest BCUT2D eigenvalue weighted by Gasteiger charge is 2.06. The number of halogens is 1. The van der Waals surface area contributed by atoms with Crippen molar-refractivity contribution >= 4 is 17.7 Å². The summed E-state index contributed by atoms with van der Waals surface area (Å²) >= 11 is 1.69. The molecule has 0 fully saturated rings. The van der Waals surface area contributed by atoms with Crippen LogP contribution in [-0.2, 0) is 25.4 Å². The van der Waals surface area contributed by atoms with Gasteiger partial charge in [-0.15, -0.1) is 0 Å². The summed E-state index contributed by atoms with van der Waals surface area (Å²) in [7, 11) is 4.14. The van der Waals surface area contributed by atoms with E-state index in [-0.39, 0.29) is 5.82 Å². The first-order valence-electron chi connectivity index (χ1n) is 9.52. The molecule has 2 N–H and O–H groups in total. The molecule has 28 heavy (non-hydrogen) atoms. The smallest absolute Gasteiger partial charge is 0.191 e. The third-order valence-electron chi connectivity index (χ3n) is 4.17. The van der Waals surface area contributed by atoms with Crippen molar-refractivity contribution in [1.29, 1.82) is 0 Å². The Hall–Kier alpha value is -2.05. The molecule has 2 aromatic rings. The number of guanidine groups is 1. The lowest BCUT2D eigenvalue weighted by Crippen LogP contribution is -2.37. The second-order valence-electron chi connectivity index (χ2n) is 6.95. The Morgan fingerprint density at radius 2 is 1.86 bits per heavy atom. The van der Waals surface area contributed by atoms with Crippen LogP contribution in [0.25, 0.3) is 0 Å². The van der Waals surface area contributed by atoms with Crippen LogP contribution in [0.4, 0.5) is 4.39 Å². The molecule has 152 valence electrons. The molecule has 0 spiro atoms. The quantitative estimate of drug-likeness (QED) is 0.491. The maximum atomic E-state index is 13.5. The van der Waals surface area contributed by atoms with E-state index in [2.05, 4.69) is 53.9 Å². The number of hydrogen-bond donors (Lipinski definition) is 2. The van der Waals surface area contributed by atoms with Crippen LogP contribution in [0.5, 0.6) is 0 Å². The maximum absolute atomic E-state index is 13.5. The number of hydrogen-bond acceptors (Lipinski definition) is 3. The Morgan fingerprint density at radius 1 is 1.07 bits per heavy atom. The van der Waals surface area contributed by atoms with Crippen molar-refractivity contribution in [1.82, 2.24) is 15.5 Å². The summed E-state index contributed by atoms with van der Waals surface area (Å²) < 4.78 is 13.5. The molecule has 0 heterocycles. The molecule has 0 bridgehead atoms. The first-order valence-corrected chi connectivity index (χ1v) is 10.9. The van der Waals surface area contributed by atoms with Gasteiger partial charge < -0.3 is 15.5 Å². The topological polar surface area (TPSA) is 39.7 Å². The van der Waals surface area contributed by atoms with Gasteiger partial charge in [-0.3, -0.25) is 0 Å². The van der Waals surface area contributed by atoms with Crippen LogP contribution in [0.3, 0.4) is 0 Å². The molecule has 0 unspecified atom stereocenters. The lowest BCUT2D eigenvalue weighted by molar-refractivity contribution is 0.402. The fraction of sp³-hybridized carbons (Fsp3) is 0.409. The van der Waals surface area contributed by atoms with E-state index >= 15 is 0 Å². The zero-order chi connectivity index (χ0) is 20.4. The lowest BCUT2D eigenvalue weighted by atomic mass is 10.1. The van der Waals surface area contributed by atoms with Gasteiger partial charge in [0.2, 0.25) is 0 Å². The molecular formula is C22H31FN4S. The predicted molar refractivity (Wildman–Crippen MR) is 119 cm³/mol. The second kappa shape index (κ2) is 11.7. The zero-order valence-corrected chi connectivity index (χ0v) is 18.1. The fourth-order valence-electron chi connectivity index (χ4n) is 2.94. The van der Waals surface area contributed by atoms with Crippen molar-refractivity contribution in [3.8, 4) is 0 Å². The average Bonchev–Trinajstić information content (AvgIpc) is 2.65. The van der Waals surface area contributed by atoms with Crippen molar-refractivity contribution in [2.24, 2.45) is 4.99 Å². The summed E-state index contributed by atoms with van der Waals surface area (Å²) in [6, 6.07) is 13.5. The summed E-state index contributed by atoms with van der Waals surface area (Å²) in [5.41, 5.74) is 4.58. The van der Waals surface area contributed by atoms with Crippen LogP contribution in [0.15, 0.2) is 47.5 Å². The summed E-state index contributed by atoms with van der Waals surface area (Å²) in [5.74, 6) is 1.37. The SMILES string of the molecule is CCNC(=NCc1cccc(CN(C)C)c1)NCc1ccc(F)cc1CSC. The van der Waals surface area contributed by atoms with Crippen LogP contribution < -0.4 is 10.6 Å². The highest BCUT2D eigenvalue weighted by Crippen LogP contribution is 2.16. The van der Waals surface area contributed by atoms with Gasteiger partial charge in [0.15, 0.2) is 5.96 Å². The van der Waals surface area contributed by atoms with Crippen LogP contribution in [0.1, 0.15) is 29.2 Å². The molecule has 0 aliphatic heterocycles. The first-order chi connectivity index (χ1) is 13.5. The van der Waals surface area contributed by atoms with Gasteiger partial charge in [0, 0.05) is 25.4 Å². The number of nitrogens with zero attached hydrogens (tertiary/aromatic N) is 2. The minimum Gasteiger partial charge on any atom is -0.357 e. The Labute approximate surface area is 172 Å². The van der Waals surface area contributed by atoms with Crippen molar-refractivity contribution in [3.05, 3.63) is 70.5 Å². The van der Waals surface area contributed by atoms with Gasteiger partial charge in [0.1, 0.15) is 5.82 Å². The van der Waals surface area contributed by atoms with Gasteiger partial charge in [-0.2, -0.15) is 11.8 Å². The van der Waals surface area contributed by atoms with Gasteiger partial charge >= 0.3 is 0 Å².